The average Bonchev–Trinajstić information content (AvgIpc) is 3.76. The summed E-state index contributed by atoms with van der Waals surface area (Å²) in [6.45, 7) is 10.9. The number of aryl methyl sites for hydroxylation is 1. The minimum absolute atomic E-state index is 0.0963. The summed E-state index contributed by atoms with van der Waals surface area (Å²) in [5.74, 6) is 2.46. The molecular weight excluding hydrogens is 635 g/mol. The first-order valence-electron chi connectivity index (χ1n) is 17.8. The van der Waals surface area contributed by atoms with Crippen LogP contribution in [0.15, 0.2) is 59.6 Å². The second-order valence-corrected chi connectivity index (χ2v) is 14.3. The molecule has 2 saturated heterocycles. The van der Waals surface area contributed by atoms with Crippen LogP contribution in [0.25, 0.3) is 20.8 Å². The summed E-state index contributed by atoms with van der Waals surface area (Å²) in [5.41, 5.74) is 4.49. The van der Waals surface area contributed by atoms with E-state index in [4.69, 9.17) is 19.2 Å². The number of aromatic nitrogens is 1. The molecule has 2 fully saturated rings. The van der Waals surface area contributed by atoms with Crippen molar-refractivity contribution in [1.82, 2.24) is 19.7 Å². The Morgan fingerprint density at radius 1 is 0.837 bits per heavy atom. The summed E-state index contributed by atoms with van der Waals surface area (Å²) in [4.78, 5) is 29.6. The number of unbranched alkanes of at least 4 members (excludes halogenated alkanes) is 2. The van der Waals surface area contributed by atoms with Crippen LogP contribution < -0.4 is 14.2 Å². The van der Waals surface area contributed by atoms with Gasteiger partial charge in [-0.2, -0.15) is 0 Å². The molecule has 0 unspecified atom stereocenters. The molecule has 1 atom stereocenters. The molecule has 1 amide bonds. The lowest BCUT2D eigenvalue weighted by Gasteiger charge is -2.34. The number of ether oxygens (including phenoxy) is 3. The maximum absolute atomic E-state index is 13.0. The van der Waals surface area contributed by atoms with E-state index in [-0.39, 0.29) is 11.9 Å². The standard InChI is InChI=1S/C39H47N5O4S/c1-28-24-31-33(40-27-30-10-9-17-44(30)39(31)45)26-35(28)48-23-8-6-16-43-20-18-42(19-21-43)15-5-7-22-47-34-14-13-29(25-36(34)46-2)38-41-32-11-3-4-12-37(32)49-38/h3-4,11-14,24-27,30H,5-10,15-23H2,1-2H3/t30-/m0/s1. The number of carbonyl (C=O) groups excluding carboxylic acids is 1. The smallest absolute Gasteiger partial charge is 0.256 e. The number of amides is 1. The molecule has 49 heavy (non-hydrogen) atoms. The van der Waals surface area contributed by atoms with Gasteiger partial charge in [0.05, 0.1) is 47.8 Å². The van der Waals surface area contributed by atoms with Gasteiger partial charge in [-0.05, 0) is 100 Å². The Balaban J connectivity index is 0.771. The minimum atomic E-state index is 0.0963. The topological polar surface area (TPSA) is 79.7 Å². The number of rotatable bonds is 14. The van der Waals surface area contributed by atoms with Crippen molar-refractivity contribution >= 4 is 39.4 Å². The van der Waals surface area contributed by atoms with Crippen molar-refractivity contribution in [2.45, 2.75) is 51.5 Å². The molecule has 3 aliphatic heterocycles. The highest BCUT2D eigenvalue weighted by Crippen LogP contribution is 2.37. The summed E-state index contributed by atoms with van der Waals surface area (Å²) in [5, 5.41) is 0.989. The third-order valence-corrected chi connectivity index (χ3v) is 11.0. The third kappa shape index (κ3) is 7.92. The summed E-state index contributed by atoms with van der Waals surface area (Å²) < 4.78 is 19.2. The molecule has 0 N–H and O–H groups in total. The number of benzene rings is 3. The number of fused-ring (bicyclic) bond motifs is 3. The normalized spacial score (nSPS) is 18.0. The number of hydrogen-bond acceptors (Lipinski definition) is 9. The van der Waals surface area contributed by atoms with Crippen LogP contribution in [0.4, 0.5) is 5.69 Å². The molecule has 0 aliphatic carbocycles. The monoisotopic (exact) mass is 681 g/mol. The van der Waals surface area contributed by atoms with E-state index in [2.05, 4.69) is 26.9 Å². The van der Waals surface area contributed by atoms with Crippen molar-refractivity contribution in [3.63, 3.8) is 0 Å². The Kier molecular flexibility index (Phi) is 10.7. The number of carbonyl (C=O) groups is 1. The second-order valence-electron chi connectivity index (χ2n) is 13.3. The summed E-state index contributed by atoms with van der Waals surface area (Å²) in [6, 6.07) is 18.4. The zero-order valence-electron chi connectivity index (χ0n) is 28.7. The van der Waals surface area contributed by atoms with Crippen molar-refractivity contribution < 1.29 is 19.0 Å². The lowest BCUT2D eigenvalue weighted by Crippen LogP contribution is -2.46. The van der Waals surface area contributed by atoms with Gasteiger partial charge < -0.3 is 28.9 Å². The highest BCUT2D eigenvalue weighted by Gasteiger charge is 2.32. The number of methoxy groups -OCH3 is 1. The van der Waals surface area contributed by atoms with Gasteiger partial charge in [-0.3, -0.25) is 9.79 Å². The lowest BCUT2D eigenvalue weighted by molar-refractivity contribution is 0.0774. The van der Waals surface area contributed by atoms with Crippen LogP contribution in [0, 0.1) is 6.92 Å². The minimum Gasteiger partial charge on any atom is -0.493 e. The molecule has 3 aliphatic rings. The van der Waals surface area contributed by atoms with E-state index in [1.165, 1.54) is 4.70 Å². The second kappa shape index (κ2) is 15.7. The molecule has 0 saturated carbocycles. The number of nitrogens with zero attached hydrogens (tertiary/aromatic N) is 5. The van der Waals surface area contributed by atoms with E-state index in [9.17, 15) is 4.79 Å². The SMILES string of the molecule is COc1cc(-c2nc3ccccc3s2)ccc1OCCCCN1CCN(CCCCOc2cc3c(cc2C)C(=O)N2CCC[C@H]2C=N3)CC1. The van der Waals surface area contributed by atoms with Crippen molar-refractivity contribution in [1.29, 1.82) is 0 Å². The largest absolute Gasteiger partial charge is 0.493 e. The van der Waals surface area contributed by atoms with Gasteiger partial charge in [0.25, 0.3) is 5.91 Å². The molecule has 10 heteroatoms. The van der Waals surface area contributed by atoms with E-state index in [1.54, 1.807) is 18.4 Å². The molecule has 9 nitrogen and oxygen atoms in total. The van der Waals surface area contributed by atoms with Crippen molar-refractivity contribution in [2.75, 3.05) is 66.1 Å². The van der Waals surface area contributed by atoms with Gasteiger partial charge in [0.2, 0.25) is 0 Å². The van der Waals surface area contributed by atoms with Crippen LogP contribution in [0.5, 0.6) is 17.2 Å². The summed E-state index contributed by atoms with van der Waals surface area (Å²) in [7, 11) is 1.69. The summed E-state index contributed by atoms with van der Waals surface area (Å²) >= 11 is 1.69. The van der Waals surface area contributed by atoms with Crippen LogP contribution in [-0.2, 0) is 0 Å². The predicted octanol–water partition coefficient (Wildman–Crippen LogP) is 7.24. The molecule has 3 aromatic carbocycles. The van der Waals surface area contributed by atoms with Gasteiger partial charge in [-0.1, -0.05) is 12.1 Å². The zero-order valence-corrected chi connectivity index (χ0v) is 29.6. The maximum atomic E-state index is 13.0. The molecule has 0 spiro atoms. The molecule has 1 aromatic heterocycles. The first kappa shape index (κ1) is 33.5. The van der Waals surface area contributed by atoms with Crippen LogP contribution in [0.1, 0.15) is 54.4 Å². The number of aliphatic imine (C=N–C) groups is 1. The molecule has 7 rings (SSSR count). The Morgan fingerprint density at radius 2 is 1.57 bits per heavy atom. The number of piperazine rings is 1. The summed E-state index contributed by atoms with van der Waals surface area (Å²) in [6.07, 6.45) is 8.22. The van der Waals surface area contributed by atoms with E-state index in [1.807, 2.05) is 60.5 Å². The maximum Gasteiger partial charge on any atom is 0.256 e. The van der Waals surface area contributed by atoms with Crippen molar-refractivity contribution in [3.8, 4) is 27.8 Å². The fraction of sp³-hybridized carbons (Fsp3) is 0.462. The van der Waals surface area contributed by atoms with E-state index in [0.717, 1.165) is 129 Å². The van der Waals surface area contributed by atoms with Gasteiger partial charge in [-0.15, -0.1) is 11.3 Å². The molecule has 4 aromatic rings. The fourth-order valence-electron chi connectivity index (χ4n) is 7.02. The van der Waals surface area contributed by atoms with Crippen LogP contribution in [-0.4, -0.2) is 104 Å². The van der Waals surface area contributed by atoms with Gasteiger partial charge >= 0.3 is 0 Å². The van der Waals surface area contributed by atoms with Crippen molar-refractivity contribution in [3.05, 3.63) is 65.7 Å². The molecule has 4 heterocycles. The fourth-order valence-corrected chi connectivity index (χ4v) is 7.98. The Hall–Kier alpha value is -3.99. The van der Waals surface area contributed by atoms with E-state index >= 15 is 0 Å². The van der Waals surface area contributed by atoms with Crippen LogP contribution >= 0.6 is 11.3 Å². The number of hydrogen-bond donors (Lipinski definition) is 0. The predicted molar refractivity (Wildman–Crippen MR) is 197 cm³/mol. The third-order valence-electron chi connectivity index (χ3n) is 9.89. The Bertz CT molecular complexity index is 1750. The quantitative estimate of drug-likeness (QED) is 0.130. The lowest BCUT2D eigenvalue weighted by atomic mass is 10.1. The number of para-hydroxylation sites is 1. The number of thiazole rings is 1. The highest BCUT2D eigenvalue weighted by molar-refractivity contribution is 7.21. The van der Waals surface area contributed by atoms with Crippen LogP contribution in [0.3, 0.4) is 0 Å². The Labute approximate surface area is 293 Å². The molecule has 0 bridgehead atoms. The average molecular weight is 682 g/mol. The Morgan fingerprint density at radius 3 is 2.31 bits per heavy atom. The van der Waals surface area contributed by atoms with Gasteiger partial charge in [0.15, 0.2) is 11.5 Å². The molecular formula is C39H47N5O4S. The molecule has 0 radical (unpaired) electrons. The van der Waals surface area contributed by atoms with Crippen molar-refractivity contribution in [2.24, 2.45) is 4.99 Å². The van der Waals surface area contributed by atoms with Crippen LogP contribution in [0.2, 0.25) is 0 Å². The van der Waals surface area contributed by atoms with Gasteiger partial charge in [0.1, 0.15) is 10.8 Å². The van der Waals surface area contributed by atoms with Gasteiger partial charge in [0, 0.05) is 50.6 Å². The first-order valence-corrected chi connectivity index (χ1v) is 18.6. The zero-order chi connectivity index (χ0) is 33.6. The molecule has 258 valence electrons. The highest BCUT2D eigenvalue weighted by atomic mass is 32.1. The van der Waals surface area contributed by atoms with E-state index in [0.29, 0.717) is 18.8 Å². The first-order chi connectivity index (χ1) is 24.1. The van der Waals surface area contributed by atoms with Gasteiger partial charge in [-0.25, -0.2) is 4.98 Å². The van der Waals surface area contributed by atoms with E-state index < -0.39 is 0 Å².